The fourth-order valence-corrected chi connectivity index (χ4v) is 5.27. The lowest BCUT2D eigenvalue weighted by Crippen LogP contribution is -2.54. The number of thiophene rings is 1. The Morgan fingerprint density at radius 2 is 2.00 bits per heavy atom. The van der Waals surface area contributed by atoms with Crippen molar-refractivity contribution in [2.45, 2.75) is 45.2 Å². The van der Waals surface area contributed by atoms with Gasteiger partial charge in [0.15, 0.2) is 18.1 Å². The number of hydrogen-bond acceptors (Lipinski definition) is 8. The number of nitriles is 1. The van der Waals surface area contributed by atoms with Crippen LogP contribution >= 0.6 is 11.3 Å². The van der Waals surface area contributed by atoms with E-state index in [0.717, 1.165) is 16.0 Å². The number of rotatable bonds is 7. The Morgan fingerprint density at radius 3 is 2.66 bits per heavy atom. The molecule has 1 aromatic heterocycles. The van der Waals surface area contributed by atoms with Gasteiger partial charge in [-0.1, -0.05) is 5.16 Å². The largest absolute Gasteiger partial charge is 0.493 e. The molecule has 9 heteroatoms. The summed E-state index contributed by atoms with van der Waals surface area (Å²) in [5.74, 6) is 0.800. The van der Waals surface area contributed by atoms with Crippen LogP contribution in [0.2, 0.25) is 0 Å². The van der Waals surface area contributed by atoms with Gasteiger partial charge in [0.1, 0.15) is 11.1 Å². The van der Waals surface area contributed by atoms with Crippen LogP contribution in [0.25, 0.3) is 0 Å². The maximum atomic E-state index is 12.4. The smallest absolute Gasteiger partial charge is 0.265 e. The van der Waals surface area contributed by atoms with Crippen molar-refractivity contribution in [3.05, 3.63) is 39.8 Å². The van der Waals surface area contributed by atoms with Gasteiger partial charge >= 0.3 is 0 Å². The molecule has 0 radical (unpaired) electrons. The number of amides is 1. The number of anilines is 1. The van der Waals surface area contributed by atoms with E-state index in [9.17, 15) is 10.1 Å². The molecule has 0 saturated carbocycles. The van der Waals surface area contributed by atoms with Crippen LogP contribution in [-0.2, 0) is 21.6 Å². The third kappa shape index (κ3) is 5.03. The first-order valence-corrected chi connectivity index (χ1v) is 10.9. The number of ether oxygens (including phenoxy) is 2. The molecule has 1 aromatic carbocycles. The predicted molar refractivity (Wildman–Crippen MR) is 125 cm³/mol. The normalized spacial score (nSPS) is 16.2. The van der Waals surface area contributed by atoms with Crippen molar-refractivity contribution in [3.63, 3.8) is 0 Å². The highest BCUT2D eigenvalue weighted by Crippen LogP contribution is 2.44. The molecule has 0 saturated heterocycles. The first kappa shape index (κ1) is 23.6. The summed E-state index contributed by atoms with van der Waals surface area (Å²) in [5.41, 5.74) is 1.81. The van der Waals surface area contributed by atoms with Gasteiger partial charge in [0.25, 0.3) is 5.91 Å². The molecule has 0 spiro atoms. The molecular weight excluding hydrogens is 428 g/mol. The number of nitrogens with one attached hydrogen (secondary N) is 2. The SMILES string of the molecule is COc1ccc(/C=N\OCC(=O)Nc2sc3c(c2C#N)CC(C)(C)NC3(C)C)cc1OC. The first-order valence-electron chi connectivity index (χ1n) is 10.1. The Kier molecular flexibility index (Phi) is 6.77. The topological polar surface area (TPSA) is 105 Å². The lowest BCUT2D eigenvalue weighted by Gasteiger charge is -2.42. The molecule has 0 bridgehead atoms. The van der Waals surface area contributed by atoms with E-state index in [1.165, 1.54) is 17.6 Å². The number of carbonyl (C=O) groups is 1. The van der Waals surface area contributed by atoms with Crippen LogP contribution in [0.4, 0.5) is 5.00 Å². The summed E-state index contributed by atoms with van der Waals surface area (Å²) >= 11 is 1.43. The summed E-state index contributed by atoms with van der Waals surface area (Å²) in [6, 6.07) is 7.57. The van der Waals surface area contributed by atoms with Crippen molar-refractivity contribution < 1.29 is 19.1 Å². The minimum absolute atomic E-state index is 0.146. The highest BCUT2D eigenvalue weighted by atomic mass is 32.1. The minimum atomic E-state index is -0.380. The van der Waals surface area contributed by atoms with Gasteiger partial charge in [-0.05, 0) is 57.9 Å². The van der Waals surface area contributed by atoms with E-state index in [1.54, 1.807) is 32.4 Å². The fourth-order valence-electron chi connectivity index (χ4n) is 4.02. The molecule has 3 rings (SSSR count). The summed E-state index contributed by atoms with van der Waals surface area (Å²) in [6.45, 7) is 8.12. The van der Waals surface area contributed by atoms with Gasteiger partial charge in [-0.25, -0.2) is 0 Å². The van der Waals surface area contributed by atoms with Crippen LogP contribution in [0.15, 0.2) is 23.4 Å². The fraction of sp³-hybridized carbons (Fsp3) is 0.435. The van der Waals surface area contributed by atoms with Crippen molar-refractivity contribution >= 4 is 28.5 Å². The van der Waals surface area contributed by atoms with E-state index in [4.69, 9.17) is 14.3 Å². The molecule has 1 aliphatic rings. The zero-order valence-electron chi connectivity index (χ0n) is 19.2. The van der Waals surface area contributed by atoms with Crippen LogP contribution in [0.3, 0.4) is 0 Å². The zero-order chi connectivity index (χ0) is 23.5. The van der Waals surface area contributed by atoms with Crippen LogP contribution in [0, 0.1) is 11.3 Å². The van der Waals surface area contributed by atoms with Gasteiger partial charge in [-0.2, -0.15) is 5.26 Å². The monoisotopic (exact) mass is 456 g/mol. The number of carbonyl (C=O) groups excluding carboxylic acids is 1. The summed E-state index contributed by atoms with van der Waals surface area (Å²) in [4.78, 5) is 18.6. The quantitative estimate of drug-likeness (QED) is 0.485. The van der Waals surface area contributed by atoms with Gasteiger partial charge in [0.2, 0.25) is 0 Å². The van der Waals surface area contributed by atoms with Gasteiger partial charge in [0, 0.05) is 21.5 Å². The van der Waals surface area contributed by atoms with Crippen LogP contribution in [-0.4, -0.2) is 38.5 Å². The molecule has 0 fully saturated rings. The summed E-state index contributed by atoms with van der Waals surface area (Å²) in [6.07, 6.45) is 2.20. The van der Waals surface area contributed by atoms with Crippen LogP contribution < -0.4 is 20.1 Å². The summed E-state index contributed by atoms with van der Waals surface area (Å²) in [7, 11) is 3.11. The maximum absolute atomic E-state index is 12.4. The molecular formula is C23H28N4O4S. The predicted octanol–water partition coefficient (Wildman–Crippen LogP) is 3.79. The molecule has 0 aliphatic carbocycles. The van der Waals surface area contributed by atoms with E-state index in [0.29, 0.717) is 28.5 Å². The van der Waals surface area contributed by atoms with Crippen LogP contribution in [0.5, 0.6) is 11.5 Å². The second-order valence-corrected chi connectivity index (χ2v) is 9.73. The third-order valence-electron chi connectivity index (χ3n) is 5.09. The van der Waals surface area contributed by atoms with Crippen molar-refractivity contribution in [2.24, 2.45) is 5.16 Å². The Balaban J connectivity index is 1.66. The zero-order valence-corrected chi connectivity index (χ0v) is 20.0. The maximum Gasteiger partial charge on any atom is 0.265 e. The Hall–Kier alpha value is -3.09. The highest BCUT2D eigenvalue weighted by Gasteiger charge is 2.40. The van der Waals surface area contributed by atoms with Crippen molar-refractivity contribution in [1.29, 1.82) is 5.26 Å². The first-order chi connectivity index (χ1) is 15.1. The van der Waals surface area contributed by atoms with Crippen molar-refractivity contribution in [2.75, 3.05) is 26.1 Å². The molecule has 0 atom stereocenters. The van der Waals surface area contributed by atoms with Crippen molar-refractivity contribution in [1.82, 2.24) is 5.32 Å². The number of fused-ring (bicyclic) bond motifs is 1. The van der Waals surface area contributed by atoms with Gasteiger partial charge in [-0.3, -0.25) is 4.79 Å². The second kappa shape index (κ2) is 9.18. The Bertz CT molecular complexity index is 1080. The lowest BCUT2D eigenvalue weighted by molar-refractivity contribution is -0.120. The summed E-state index contributed by atoms with van der Waals surface area (Å²) < 4.78 is 10.4. The molecule has 2 aromatic rings. The number of hydrogen-bond donors (Lipinski definition) is 2. The molecule has 8 nitrogen and oxygen atoms in total. The molecule has 1 aliphatic heterocycles. The molecule has 2 N–H and O–H groups in total. The second-order valence-electron chi connectivity index (χ2n) is 8.71. The molecule has 32 heavy (non-hydrogen) atoms. The average Bonchev–Trinajstić information content (AvgIpc) is 3.06. The van der Waals surface area contributed by atoms with Gasteiger partial charge in [-0.15, -0.1) is 11.3 Å². The van der Waals surface area contributed by atoms with E-state index < -0.39 is 0 Å². The standard InChI is InChI=1S/C23H28N4O4S/c1-22(2)10-15-16(11-24)21(32-20(15)23(3,4)27-22)26-19(28)13-31-25-12-14-7-8-17(29-5)18(9-14)30-6/h7-9,12,27H,10,13H2,1-6H3,(H,26,28)/b25-12-. The van der Waals surface area contributed by atoms with E-state index in [2.05, 4.69) is 49.6 Å². The number of oxime groups is 1. The van der Waals surface area contributed by atoms with E-state index >= 15 is 0 Å². The van der Waals surface area contributed by atoms with Crippen molar-refractivity contribution in [3.8, 4) is 17.6 Å². The molecule has 170 valence electrons. The van der Waals surface area contributed by atoms with E-state index in [1.807, 2.05) is 0 Å². The number of nitrogens with zero attached hydrogens (tertiary/aromatic N) is 2. The number of benzene rings is 1. The summed E-state index contributed by atoms with van der Waals surface area (Å²) in [5, 5.41) is 20.6. The number of methoxy groups -OCH3 is 2. The van der Waals surface area contributed by atoms with Gasteiger partial charge in [0.05, 0.1) is 26.0 Å². The third-order valence-corrected chi connectivity index (χ3v) is 6.56. The lowest BCUT2D eigenvalue weighted by atomic mass is 9.81. The average molecular weight is 457 g/mol. The molecule has 1 amide bonds. The minimum Gasteiger partial charge on any atom is -0.493 e. The van der Waals surface area contributed by atoms with Crippen LogP contribution in [0.1, 0.15) is 49.3 Å². The molecule has 0 unspecified atom stereocenters. The Morgan fingerprint density at radius 1 is 1.28 bits per heavy atom. The highest BCUT2D eigenvalue weighted by molar-refractivity contribution is 7.17. The molecule has 2 heterocycles. The van der Waals surface area contributed by atoms with Gasteiger partial charge < -0.3 is 24.9 Å². The Labute approximate surface area is 192 Å². The van der Waals surface area contributed by atoms with E-state index in [-0.39, 0.29) is 23.6 Å².